The summed E-state index contributed by atoms with van der Waals surface area (Å²) in [6, 6.07) is 3.06. The second-order valence-corrected chi connectivity index (χ2v) is 5.41. The Morgan fingerprint density at radius 3 is 2.40 bits per heavy atom. The number of carbonyl (C=O) groups is 1. The van der Waals surface area contributed by atoms with Crippen molar-refractivity contribution in [2.45, 2.75) is 26.7 Å². The largest absolute Gasteiger partial charge is 0.341 e. The van der Waals surface area contributed by atoms with Gasteiger partial charge in [0, 0.05) is 19.3 Å². The Bertz CT molecular complexity index is 749. The highest BCUT2D eigenvalue weighted by atomic mass is 19.2. The van der Waals surface area contributed by atoms with Gasteiger partial charge in [0.05, 0.1) is 5.69 Å². The van der Waals surface area contributed by atoms with Crippen molar-refractivity contribution < 1.29 is 18.0 Å². The lowest BCUT2D eigenvalue weighted by atomic mass is 10.2. The summed E-state index contributed by atoms with van der Waals surface area (Å²) in [5.74, 6) is -4.77. The Morgan fingerprint density at radius 2 is 1.76 bits per heavy atom. The van der Waals surface area contributed by atoms with Crippen LogP contribution in [0.5, 0.6) is 0 Å². The smallest absolute Gasteiger partial charge is 0.274 e. The fourth-order valence-corrected chi connectivity index (χ4v) is 2.29. The molecule has 0 fully saturated rings. The summed E-state index contributed by atoms with van der Waals surface area (Å²) in [5.41, 5.74) is -0.450. The van der Waals surface area contributed by atoms with E-state index >= 15 is 0 Å². The predicted molar refractivity (Wildman–Crippen MR) is 89.1 cm³/mol. The first-order valence-corrected chi connectivity index (χ1v) is 8.00. The normalized spacial score (nSPS) is 10.6. The number of rotatable bonds is 7. The molecule has 1 heterocycles. The van der Waals surface area contributed by atoms with Crippen LogP contribution in [0.2, 0.25) is 0 Å². The molecular weight excluding hydrogens is 333 g/mol. The highest BCUT2D eigenvalue weighted by molar-refractivity contribution is 6.03. The van der Waals surface area contributed by atoms with Crippen molar-refractivity contribution in [3.05, 3.63) is 47.5 Å². The second-order valence-electron chi connectivity index (χ2n) is 5.41. The molecule has 0 radical (unpaired) electrons. The van der Waals surface area contributed by atoms with Crippen molar-refractivity contribution in [2.75, 3.05) is 23.3 Å². The van der Waals surface area contributed by atoms with Crippen molar-refractivity contribution >= 4 is 17.5 Å². The van der Waals surface area contributed by atoms with Crippen LogP contribution in [0, 0.1) is 17.5 Å². The molecule has 5 nitrogen and oxygen atoms in total. The van der Waals surface area contributed by atoms with E-state index in [0.717, 1.165) is 38.1 Å². The first-order chi connectivity index (χ1) is 12.0. The van der Waals surface area contributed by atoms with Crippen molar-refractivity contribution in [3.8, 4) is 0 Å². The zero-order chi connectivity index (χ0) is 18.4. The zero-order valence-electron chi connectivity index (χ0n) is 14.0. The Hall–Kier alpha value is -2.64. The van der Waals surface area contributed by atoms with Crippen LogP contribution in [0.4, 0.5) is 24.8 Å². The summed E-state index contributed by atoms with van der Waals surface area (Å²) in [5, 5.41) is 2.20. The lowest BCUT2D eigenvalue weighted by molar-refractivity contribution is 0.102. The van der Waals surface area contributed by atoms with Gasteiger partial charge in [-0.3, -0.25) is 4.79 Å². The monoisotopic (exact) mass is 352 g/mol. The average Bonchev–Trinajstić information content (AvgIpc) is 2.62. The molecule has 0 aliphatic carbocycles. The first-order valence-electron chi connectivity index (χ1n) is 8.00. The molecule has 1 amide bonds. The molecule has 2 aromatic rings. The molecule has 2 rings (SSSR count). The third kappa shape index (κ3) is 4.46. The van der Waals surface area contributed by atoms with Gasteiger partial charge >= 0.3 is 0 Å². The van der Waals surface area contributed by atoms with E-state index in [1.54, 1.807) is 0 Å². The van der Waals surface area contributed by atoms with E-state index in [-0.39, 0.29) is 5.69 Å². The van der Waals surface area contributed by atoms with Gasteiger partial charge in [-0.2, -0.15) is 0 Å². The van der Waals surface area contributed by atoms with Crippen molar-refractivity contribution in [1.29, 1.82) is 0 Å². The fourth-order valence-electron chi connectivity index (χ4n) is 2.29. The Labute approximate surface area is 143 Å². The Balaban J connectivity index is 2.22. The van der Waals surface area contributed by atoms with Crippen LogP contribution in [0.25, 0.3) is 0 Å². The van der Waals surface area contributed by atoms with Crippen molar-refractivity contribution in [1.82, 2.24) is 9.97 Å². The van der Waals surface area contributed by atoms with Gasteiger partial charge < -0.3 is 10.2 Å². The molecule has 0 aliphatic heterocycles. The second kappa shape index (κ2) is 8.46. The number of hydrogen-bond donors (Lipinski definition) is 1. The van der Waals surface area contributed by atoms with E-state index in [9.17, 15) is 18.0 Å². The number of carbonyl (C=O) groups excluding carboxylic acids is 1. The lowest BCUT2D eigenvalue weighted by Gasteiger charge is -2.21. The average molecular weight is 352 g/mol. The van der Waals surface area contributed by atoms with Crippen LogP contribution >= 0.6 is 0 Å². The molecule has 1 aromatic carbocycles. The number of benzene rings is 1. The van der Waals surface area contributed by atoms with Crippen LogP contribution < -0.4 is 10.2 Å². The van der Waals surface area contributed by atoms with Gasteiger partial charge in [0.1, 0.15) is 5.69 Å². The fraction of sp³-hybridized carbons (Fsp3) is 0.353. The lowest BCUT2D eigenvalue weighted by Crippen LogP contribution is -2.28. The highest BCUT2D eigenvalue weighted by Crippen LogP contribution is 2.20. The van der Waals surface area contributed by atoms with Crippen LogP contribution in [0.3, 0.4) is 0 Å². The maximum atomic E-state index is 13.7. The number of nitrogens with zero attached hydrogens (tertiary/aromatic N) is 3. The molecule has 0 atom stereocenters. The van der Waals surface area contributed by atoms with Crippen molar-refractivity contribution in [3.63, 3.8) is 0 Å². The molecule has 134 valence electrons. The summed E-state index contributed by atoms with van der Waals surface area (Å²) >= 11 is 0. The van der Waals surface area contributed by atoms with Gasteiger partial charge in [-0.15, -0.1) is 0 Å². The van der Waals surface area contributed by atoms with Crippen molar-refractivity contribution in [2.24, 2.45) is 0 Å². The molecule has 0 saturated carbocycles. The molecule has 0 aliphatic rings. The SMILES string of the molecule is CCCN(CCC)c1nccc(C(=O)Nc2ccc(F)c(F)c2F)n1. The minimum Gasteiger partial charge on any atom is -0.341 e. The number of anilines is 2. The zero-order valence-corrected chi connectivity index (χ0v) is 14.0. The molecule has 0 bridgehead atoms. The summed E-state index contributed by atoms with van der Waals surface area (Å²) in [6.07, 6.45) is 3.21. The van der Waals surface area contributed by atoms with Gasteiger partial charge in [-0.05, 0) is 31.0 Å². The molecule has 0 unspecified atom stereocenters. The topological polar surface area (TPSA) is 58.1 Å². The Kier molecular flexibility index (Phi) is 6.32. The quantitative estimate of drug-likeness (QED) is 0.771. The molecular formula is C17H19F3N4O. The van der Waals surface area contributed by atoms with Gasteiger partial charge in [-0.25, -0.2) is 23.1 Å². The standard InChI is InChI=1S/C17H19F3N4O/c1-3-9-24(10-4-2)17-21-8-7-13(23-17)16(25)22-12-6-5-11(18)14(19)15(12)20/h5-8H,3-4,9-10H2,1-2H3,(H,22,25). The van der Waals surface area contributed by atoms with E-state index in [1.165, 1.54) is 12.3 Å². The number of aromatic nitrogens is 2. The summed E-state index contributed by atoms with van der Waals surface area (Å²) in [7, 11) is 0. The van der Waals surface area contributed by atoms with E-state index < -0.39 is 29.0 Å². The number of amides is 1. The molecule has 0 saturated heterocycles. The Morgan fingerprint density at radius 1 is 1.08 bits per heavy atom. The van der Waals surface area contributed by atoms with Gasteiger partial charge in [0.15, 0.2) is 17.5 Å². The number of halogens is 3. The molecule has 1 aromatic heterocycles. The van der Waals surface area contributed by atoms with Crippen LogP contribution in [-0.4, -0.2) is 29.0 Å². The van der Waals surface area contributed by atoms with Gasteiger partial charge in [0.2, 0.25) is 5.95 Å². The van der Waals surface area contributed by atoms with Crippen LogP contribution in [0.1, 0.15) is 37.2 Å². The summed E-state index contributed by atoms with van der Waals surface area (Å²) in [4.78, 5) is 22.5. The predicted octanol–water partition coefficient (Wildman–Crippen LogP) is 3.77. The minimum absolute atomic E-state index is 0.00587. The third-order valence-electron chi connectivity index (χ3n) is 3.43. The molecule has 0 spiro atoms. The maximum Gasteiger partial charge on any atom is 0.274 e. The van der Waals surface area contributed by atoms with E-state index in [1.807, 2.05) is 18.7 Å². The van der Waals surface area contributed by atoms with E-state index in [4.69, 9.17) is 0 Å². The molecule has 25 heavy (non-hydrogen) atoms. The molecule has 1 N–H and O–H groups in total. The third-order valence-corrected chi connectivity index (χ3v) is 3.43. The number of hydrogen-bond acceptors (Lipinski definition) is 4. The highest BCUT2D eigenvalue weighted by Gasteiger charge is 2.18. The summed E-state index contributed by atoms with van der Waals surface area (Å²) in [6.45, 7) is 5.50. The van der Waals surface area contributed by atoms with Gasteiger partial charge in [-0.1, -0.05) is 13.8 Å². The van der Waals surface area contributed by atoms with Gasteiger partial charge in [0.25, 0.3) is 5.91 Å². The van der Waals surface area contributed by atoms with E-state index in [2.05, 4.69) is 15.3 Å². The maximum absolute atomic E-state index is 13.7. The van der Waals surface area contributed by atoms with Crippen LogP contribution in [-0.2, 0) is 0 Å². The van der Waals surface area contributed by atoms with Crippen LogP contribution in [0.15, 0.2) is 24.4 Å². The summed E-state index contributed by atoms with van der Waals surface area (Å²) < 4.78 is 39.9. The van der Waals surface area contributed by atoms with E-state index in [0.29, 0.717) is 5.95 Å². The minimum atomic E-state index is -1.64. The first kappa shape index (κ1) is 18.7. The number of nitrogens with one attached hydrogen (secondary N) is 1. The molecule has 8 heteroatoms.